The number of benzene rings is 1. The lowest BCUT2D eigenvalue weighted by atomic mass is 10.1. The molecule has 0 spiro atoms. The van der Waals surface area contributed by atoms with Crippen molar-refractivity contribution in [2.75, 3.05) is 5.32 Å². The number of hydrogen-bond donors (Lipinski definition) is 1. The average Bonchev–Trinajstić information content (AvgIpc) is 2.53. The first-order chi connectivity index (χ1) is 11.3. The van der Waals surface area contributed by atoms with E-state index in [4.69, 9.17) is 5.26 Å². The monoisotopic (exact) mass is 326 g/mol. The molecule has 0 unspecified atom stereocenters. The summed E-state index contributed by atoms with van der Waals surface area (Å²) in [6, 6.07) is 7.89. The predicted molar refractivity (Wildman–Crippen MR) is 86.6 cm³/mol. The van der Waals surface area contributed by atoms with Crippen LogP contribution in [0.3, 0.4) is 0 Å². The zero-order chi connectivity index (χ0) is 17.9. The molecule has 2 rings (SSSR count). The second kappa shape index (κ2) is 6.75. The molecule has 0 atom stereocenters. The number of nitrogens with one attached hydrogen (secondary N) is 1. The van der Waals surface area contributed by atoms with Gasteiger partial charge in [0, 0.05) is 11.8 Å². The molecule has 1 amide bonds. The third-order valence-corrected chi connectivity index (χ3v) is 3.60. The van der Waals surface area contributed by atoms with Gasteiger partial charge in [0.1, 0.15) is 18.2 Å². The van der Waals surface area contributed by atoms with Gasteiger partial charge >= 0.3 is 0 Å². The van der Waals surface area contributed by atoms with E-state index in [-0.39, 0.29) is 5.56 Å². The van der Waals surface area contributed by atoms with Crippen molar-refractivity contribution in [2.45, 2.75) is 20.4 Å². The predicted octanol–water partition coefficient (Wildman–Crippen LogP) is 1.88. The minimum absolute atomic E-state index is 0.385. The molecule has 24 heavy (non-hydrogen) atoms. The molecule has 0 saturated carbocycles. The fourth-order valence-corrected chi connectivity index (χ4v) is 2.15. The molecule has 0 fully saturated rings. The lowest BCUT2D eigenvalue weighted by Crippen LogP contribution is -2.29. The van der Waals surface area contributed by atoms with Crippen molar-refractivity contribution in [1.29, 1.82) is 5.26 Å². The molecule has 8 nitrogen and oxygen atoms in total. The van der Waals surface area contributed by atoms with Crippen LogP contribution in [0, 0.1) is 35.3 Å². The van der Waals surface area contributed by atoms with Crippen molar-refractivity contribution in [3.63, 3.8) is 0 Å². The third kappa shape index (κ3) is 3.47. The van der Waals surface area contributed by atoms with E-state index in [0.717, 1.165) is 28.0 Å². The second-order valence-corrected chi connectivity index (χ2v) is 5.21. The largest absolute Gasteiger partial charge is 0.324 e. The van der Waals surface area contributed by atoms with Crippen LogP contribution in [0.15, 0.2) is 35.3 Å². The molecule has 0 aliphatic carbocycles. The highest BCUT2D eigenvalue weighted by Crippen LogP contribution is 2.18. The summed E-state index contributed by atoms with van der Waals surface area (Å²) in [6.07, 6.45) is 0.950. The summed E-state index contributed by atoms with van der Waals surface area (Å²) in [7, 11) is 0. The van der Waals surface area contributed by atoms with Gasteiger partial charge in [0.05, 0.1) is 11.1 Å². The number of nitro groups is 1. The Hall–Kier alpha value is -3.47. The molecule has 0 aliphatic rings. The van der Waals surface area contributed by atoms with Gasteiger partial charge in [-0.1, -0.05) is 12.1 Å². The van der Waals surface area contributed by atoms with Crippen LogP contribution in [0.2, 0.25) is 0 Å². The molecule has 1 aromatic heterocycles. The highest BCUT2D eigenvalue weighted by Gasteiger charge is 2.16. The van der Waals surface area contributed by atoms with Gasteiger partial charge < -0.3 is 5.32 Å². The maximum Gasteiger partial charge on any atom is 0.287 e. The lowest BCUT2D eigenvalue weighted by molar-refractivity contribution is -0.385. The molecular formula is C16H14N4O4. The first-order valence-corrected chi connectivity index (χ1v) is 6.98. The molecule has 1 N–H and O–H groups in total. The molecule has 1 heterocycles. The molecule has 8 heteroatoms. The minimum Gasteiger partial charge on any atom is -0.324 e. The van der Waals surface area contributed by atoms with E-state index in [2.05, 4.69) is 5.32 Å². The summed E-state index contributed by atoms with van der Waals surface area (Å²) < 4.78 is 0.858. The van der Waals surface area contributed by atoms with Crippen molar-refractivity contribution in [2.24, 2.45) is 0 Å². The number of carbonyl (C=O) groups is 1. The van der Waals surface area contributed by atoms with E-state index in [1.807, 2.05) is 19.9 Å². The Bertz CT molecular complexity index is 925. The van der Waals surface area contributed by atoms with E-state index in [0.29, 0.717) is 5.69 Å². The van der Waals surface area contributed by atoms with E-state index >= 15 is 0 Å². The summed E-state index contributed by atoms with van der Waals surface area (Å²) in [5.74, 6) is -0.518. The molecule has 2 aromatic rings. The third-order valence-electron chi connectivity index (χ3n) is 3.60. The van der Waals surface area contributed by atoms with E-state index in [1.54, 1.807) is 18.2 Å². The SMILES string of the molecule is Cc1cccc(NC(=O)Cn2cc([N+](=O)[O-])cc(C#N)c2=O)c1C. The number of anilines is 1. The van der Waals surface area contributed by atoms with Crippen LogP contribution in [-0.2, 0) is 11.3 Å². The van der Waals surface area contributed by atoms with Gasteiger partial charge in [-0.2, -0.15) is 5.26 Å². The Kier molecular flexibility index (Phi) is 4.75. The van der Waals surface area contributed by atoms with Crippen LogP contribution in [-0.4, -0.2) is 15.4 Å². The van der Waals surface area contributed by atoms with E-state index in [9.17, 15) is 19.7 Å². The molecule has 0 bridgehead atoms. The topological polar surface area (TPSA) is 118 Å². The molecule has 1 aromatic carbocycles. The molecule has 122 valence electrons. The molecule has 0 saturated heterocycles. The number of nitrogens with zero attached hydrogens (tertiary/aromatic N) is 3. The number of aromatic nitrogens is 1. The summed E-state index contributed by atoms with van der Waals surface area (Å²) in [5.41, 5.74) is 0.912. The summed E-state index contributed by atoms with van der Waals surface area (Å²) in [6.45, 7) is 3.32. The normalized spacial score (nSPS) is 10.0. The number of rotatable bonds is 4. The van der Waals surface area contributed by atoms with Crippen molar-refractivity contribution < 1.29 is 9.72 Å². The Balaban J connectivity index is 2.31. The minimum atomic E-state index is -0.751. The smallest absolute Gasteiger partial charge is 0.287 e. The first kappa shape index (κ1) is 16.9. The van der Waals surface area contributed by atoms with E-state index in [1.165, 1.54) is 0 Å². The summed E-state index contributed by atoms with van der Waals surface area (Å²) in [5, 5.41) is 22.4. The Labute approximate surface area is 137 Å². The summed E-state index contributed by atoms with van der Waals surface area (Å²) in [4.78, 5) is 34.3. The van der Waals surface area contributed by atoms with Gasteiger partial charge in [0.15, 0.2) is 0 Å². The number of aryl methyl sites for hydroxylation is 1. The maximum absolute atomic E-state index is 12.2. The standard InChI is InChI=1S/C16H14N4O4/c1-10-4-3-5-14(11(10)2)18-15(21)9-19-8-13(20(23)24)6-12(7-17)16(19)22/h3-6,8H,9H2,1-2H3,(H,18,21). The van der Waals surface area contributed by atoms with Crippen LogP contribution < -0.4 is 10.9 Å². The molecule has 0 aliphatic heterocycles. The van der Waals surface area contributed by atoms with Crippen molar-refractivity contribution >= 4 is 17.3 Å². The van der Waals surface area contributed by atoms with Gasteiger partial charge in [-0.25, -0.2) is 0 Å². The quantitative estimate of drug-likeness (QED) is 0.680. The fraction of sp³-hybridized carbons (Fsp3) is 0.188. The average molecular weight is 326 g/mol. The lowest BCUT2D eigenvalue weighted by Gasteiger charge is -2.11. The number of pyridine rings is 1. The van der Waals surface area contributed by atoms with Crippen molar-refractivity contribution in [3.8, 4) is 6.07 Å². The molecule has 0 radical (unpaired) electrons. The highest BCUT2D eigenvalue weighted by atomic mass is 16.6. The van der Waals surface area contributed by atoms with Crippen LogP contribution in [0.25, 0.3) is 0 Å². The van der Waals surface area contributed by atoms with Gasteiger partial charge in [0.25, 0.3) is 11.2 Å². The first-order valence-electron chi connectivity index (χ1n) is 6.98. The maximum atomic E-state index is 12.2. The van der Waals surface area contributed by atoms with Gasteiger partial charge in [-0.05, 0) is 31.0 Å². The Morgan fingerprint density at radius 3 is 2.75 bits per heavy atom. The molecular weight excluding hydrogens is 312 g/mol. The number of carbonyl (C=O) groups excluding carboxylic acids is 1. The van der Waals surface area contributed by atoms with Crippen molar-refractivity contribution in [3.05, 3.63) is 67.6 Å². The van der Waals surface area contributed by atoms with Gasteiger partial charge in [-0.3, -0.25) is 24.3 Å². The second-order valence-electron chi connectivity index (χ2n) is 5.21. The zero-order valence-electron chi connectivity index (χ0n) is 13.1. The van der Waals surface area contributed by atoms with E-state index < -0.39 is 28.6 Å². The highest BCUT2D eigenvalue weighted by molar-refractivity contribution is 5.91. The van der Waals surface area contributed by atoms with Crippen LogP contribution in [0.5, 0.6) is 0 Å². The Morgan fingerprint density at radius 2 is 2.12 bits per heavy atom. The number of hydrogen-bond acceptors (Lipinski definition) is 5. The Morgan fingerprint density at radius 1 is 1.42 bits per heavy atom. The van der Waals surface area contributed by atoms with Gasteiger partial charge in [-0.15, -0.1) is 0 Å². The van der Waals surface area contributed by atoms with Gasteiger partial charge in [0.2, 0.25) is 5.91 Å². The van der Waals surface area contributed by atoms with Crippen LogP contribution >= 0.6 is 0 Å². The van der Waals surface area contributed by atoms with Crippen molar-refractivity contribution in [1.82, 2.24) is 4.57 Å². The summed E-state index contributed by atoms with van der Waals surface area (Å²) >= 11 is 0. The zero-order valence-corrected chi connectivity index (χ0v) is 13.1. The number of nitriles is 1. The number of amides is 1. The fourth-order valence-electron chi connectivity index (χ4n) is 2.15. The van der Waals surface area contributed by atoms with Crippen LogP contribution in [0.4, 0.5) is 11.4 Å². The van der Waals surface area contributed by atoms with Crippen LogP contribution in [0.1, 0.15) is 16.7 Å².